The van der Waals surface area contributed by atoms with Gasteiger partial charge in [0.25, 0.3) is 0 Å². The lowest BCUT2D eigenvalue weighted by Gasteiger charge is -2.40. The highest BCUT2D eigenvalue weighted by molar-refractivity contribution is 5.75. The molecule has 0 amide bonds. The van der Waals surface area contributed by atoms with Gasteiger partial charge in [-0.15, -0.1) is 5.10 Å². The molecular weight excluding hydrogens is 550 g/mol. The van der Waals surface area contributed by atoms with E-state index in [1.165, 1.54) is 133 Å². The third-order valence-corrected chi connectivity index (χ3v) is 9.99. The van der Waals surface area contributed by atoms with Crippen LogP contribution < -0.4 is 4.74 Å². The van der Waals surface area contributed by atoms with Crippen LogP contribution in [-0.2, 0) is 5.54 Å². The molecule has 45 heavy (non-hydrogen) atoms. The number of benzene rings is 3. The molecule has 0 fully saturated rings. The summed E-state index contributed by atoms with van der Waals surface area (Å²) >= 11 is 0. The summed E-state index contributed by atoms with van der Waals surface area (Å²) in [5.74, 6) is 1.84. The number of fused-ring (bicyclic) bond motifs is 3. The van der Waals surface area contributed by atoms with Gasteiger partial charge in [0.2, 0.25) is 0 Å². The molecular formula is C41H57N3O. The maximum atomic E-state index is 6.43. The SMILES string of the molecule is CCCCCCCCCCCCCCCCCCCCCCC1(n2nnc3ccccc32)c2ccccc2Oc2ccccc21. The van der Waals surface area contributed by atoms with E-state index in [2.05, 4.69) is 83.4 Å². The first-order valence-corrected chi connectivity index (χ1v) is 18.5. The van der Waals surface area contributed by atoms with E-state index in [1.54, 1.807) is 0 Å². The van der Waals surface area contributed by atoms with Crippen molar-refractivity contribution in [2.45, 2.75) is 147 Å². The fourth-order valence-corrected chi connectivity index (χ4v) is 7.45. The van der Waals surface area contributed by atoms with Gasteiger partial charge in [0.15, 0.2) is 0 Å². The summed E-state index contributed by atoms with van der Waals surface area (Å²) in [6.07, 6.45) is 28.9. The molecule has 1 aromatic heterocycles. The Hall–Kier alpha value is -3.14. The second-order valence-corrected chi connectivity index (χ2v) is 13.4. The van der Waals surface area contributed by atoms with Crippen LogP contribution in [0, 0.1) is 0 Å². The molecule has 0 unspecified atom stereocenters. The van der Waals surface area contributed by atoms with E-state index < -0.39 is 5.54 Å². The summed E-state index contributed by atoms with van der Waals surface area (Å²) in [6, 6.07) is 25.3. The predicted molar refractivity (Wildman–Crippen MR) is 189 cm³/mol. The molecule has 0 aliphatic carbocycles. The van der Waals surface area contributed by atoms with E-state index in [1.807, 2.05) is 6.07 Å². The van der Waals surface area contributed by atoms with Gasteiger partial charge >= 0.3 is 0 Å². The molecule has 4 aromatic rings. The monoisotopic (exact) mass is 607 g/mol. The third-order valence-electron chi connectivity index (χ3n) is 9.99. The Morgan fingerprint density at radius 2 is 0.933 bits per heavy atom. The fraction of sp³-hybridized carbons (Fsp3) is 0.561. The largest absolute Gasteiger partial charge is 0.457 e. The van der Waals surface area contributed by atoms with Crippen molar-refractivity contribution in [3.8, 4) is 11.5 Å². The van der Waals surface area contributed by atoms with Crippen LogP contribution in [0.3, 0.4) is 0 Å². The Kier molecular flexibility index (Phi) is 13.4. The molecule has 5 rings (SSSR count). The number of aromatic nitrogens is 3. The molecule has 1 aliphatic heterocycles. The lowest BCUT2D eigenvalue weighted by Crippen LogP contribution is -2.39. The van der Waals surface area contributed by atoms with Gasteiger partial charge in [-0.25, -0.2) is 4.68 Å². The van der Waals surface area contributed by atoms with Gasteiger partial charge in [0, 0.05) is 11.1 Å². The zero-order chi connectivity index (χ0) is 31.0. The van der Waals surface area contributed by atoms with Crippen molar-refractivity contribution in [1.82, 2.24) is 15.0 Å². The second-order valence-electron chi connectivity index (χ2n) is 13.4. The minimum absolute atomic E-state index is 0.449. The van der Waals surface area contributed by atoms with Gasteiger partial charge in [0.1, 0.15) is 22.6 Å². The molecule has 4 nitrogen and oxygen atoms in total. The maximum absolute atomic E-state index is 6.43. The molecule has 0 radical (unpaired) electrons. The molecule has 2 heterocycles. The normalized spacial score (nSPS) is 13.4. The van der Waals surface area contributed by atoms with E-state index in [0.29, 0.717) is 0 Å². The van der Waals surface area contributed by atoms with Crippen molar-refractivity contribution >= 4 is 11.0 Å². The summed E-state index contributed by atoms with van der Waals surface area (Å²) in [5, 5.41) is 9.39. The molecule has 0 bridgehead atoms. The summed E-state index contributed by atoms with van der Waals surface area (Å²) in [6.45, 7) is 2.30. The van der Waals surface area contributed by atoms with Crippen molar-refractivity contribution in [3.63, 3.8) is 0 Å². The number of hydrogen-bond donors (Lipinski definition) is 0. The first kappa shape index (κ1) is 33.2. The Bertz CT molecular complexity index is 1360. The van der Waals surface area contributed by atoms with Gasteiger partial charge < -0.3 is 4.74 Å². The summed E-state index contributed by atoms with van der Waals surface area (Å²) in [4.78, 5) is 0. The highest BCUT2D eigenvalue weighted by Gasteiger charge is 2.45. The van der Waals surface area contributed by atoms with E-state index in [4.69, 9.17) is 9.95 Å². The fourth-order valence-electron chi connectivity index (χ4n) is 7.45. The molecule has 3 aromatic carbocycles. The van der Waals surface area contributed by atoms with Crippen LogP contribution in [0.2, 0.25) is 0 Å². The number of unbranched alkanes of at least 4 members (excludes halogenated alkanes) is 19. The molecule has 4 heteroatoms. The molecule has 242 valence electrons. The zero-order valence-corrected chi connectivity index (χ0v) is 28.0. The summed E-state index contributed by atoms with van der Waals surface area (Å²) in [5.41, 5.74) is 3.91. The van der Waals surface area contributed by atoms with E-state index >= 15 is 0 Å². The van der Waals surface area contributed by atoms with Crippen LogP contribution in [0.4, 0.5) is 0 Å². The maximum Gasteiger partial charge on any atom is 0.133 e. The van der Waals surface area contributed by atoms with E-state index in [9.17, 15) is 0 Å². The van der Waals surface area contributed by atoms with E-state index in [0.717, 1.165) is 35.4 Å². The van der Waals surface area contributed by atoms with Crippen molar-refractivity contribution in [2.24, 2.45) is 0 Å². The van der Waals surface area contributed by atoms with Crippen molar-refractivity contribution in [3.05, 3.63) is 83.9 Å². The second kappa shape index (κ2) is 18.1. The number of nitrogens with zero attached hydrogens (tertiary/aromatic N) is 3. The van der Waals surface area contributed by atoms with E-state index in [-0.39, 0.29) is 0 Å². The summed E-state index contributed by atoms with van der Waals surface area (Å²) in [7, 11) is 0. The van der Waals surface area contributed by atoms with Crippen LogP contribution in [0.25, 0.3) is 11.0 Å². The minimum atomic E-state index is -0.449. The summed E-state index contributed by atoms with van der Waals surface area (Å²) < 4.78 is 8.61. The Labute approximate surface area is 273 Å². The van der Waals surface area contributed by atoms with Gasteiger partial charge in [-0.05, 0) is 30.7 Å². The first-order chi connectivity index (χ1) is 22.3. The van der Waals surface area contributed by atoms with Crippen LogP contribution in [0.5, 0.6) is 11.5 Å². The number of ether oxygens (including phenoxy) is 1. The number of para-hydroxylation sites is 3. The molecule has 0 atom stereocenters. The zero-order valence-electron chi connectivity index (χ0n) is 28.0. The topological polar surface area (TPSA) is 39.9 Å². The lowest BCUT2D eigenvalue weighted by atomic mass is 9.76. The molecule has 0 N–H and O–H groups in total. The van der Waals surface area contributed by atoms with Crippen LogP contribution in [0.15, 0.2) is 72.8 Å². The highest BCUT2D eigenvalue weighted by Crippen LogP contribution is 2.51. The van der Waals surface area contributed by atoms with Crippen molar-refractivity contribution in [2.75, 3.05) is 0 Å². The lowest BCUT2D eigenvalue weighted by molar-refractivity contribution is 0.303. The average molecular weight is 608 g/mol. The third kappa shape index (κ3) is 8.77. The Morgan fingerprint density at radius 1 is 0.511 bits per heavy atom. The minimum Gasteiger partial charge on any atom is -0.457 e. The standard InChI is InChI=1S/C41H57N3O/c1-2-3-4-5-6-7-8-9-10-11-12-13-14-15-16-17-18-19-20-27-34-41(44-38-31-24-23-30-37(38)42-43-44)35-28-21-25-32-39(35)45-40-33-26-22-29-36(40)41/h21-26,28-33H,2-20,27,34H2,1H3. The molecule has 0 saturated carbocycles. The highest BCUT2D eigenvalue weighted by atomic mass is 16.5. The number of rotatable bonds is 22. The Morgan fingerprint density at radius 3 is 1.44 bits per heavy atom. The van der Waals surface area contributed by atoms with Gasteiger partial charge in [-0.3, -0.25) is 0 Å². The molecule has 1 aliphatic rings. The number of hydrogen-bond acceptors (Lipinski definition) is 3. The van der Waals surface area contributed by atoms with Crippen LogP contribution >= 0.6 is 0 Å². The van der Waals surface area contributed by atoms with Crippen LogP contribution in [0.1, 0.15) is 153 Å². The van der Waals surface area contributed by atoms with Crippen molar-refractivity contribution in [1.29, 1.82) is 0 Å². The smallest absolute Gasteiger partial charge is 0.133 e. The van der Waals surface area contributed by atoms with Crippen LogP contribution in [-0.4, -0.2) is 15.0 Å². The van der Waals surface area contributed by atoms with Gasteiger partial charge in [-0.2, -0.15) is 0 Å². The molecule has 0 spiro atoms. The first-order valence-electron chi connectivity index (χ1n) is 18.5. The Balaban J connectivity index is 1.03. The molecule has 0 saturated heterocycles. The average Bonchev–Trinajstić information content (AvgIpc) is 3.51. The van der Waals surface area contributed by atoms with Gasteiger partial charge in [-0.1, -0.05) is 189 Å². The van der Waals surface area contributed by atoms with Gasteiger partial charge in [0.05, 0.1) is 5.52 Å². The van der Waals surface area contributed by atoms with Crippen molar-refractivity contribution < 1.29 is 4.74 Å². The predicted octanol–water partition coefficient (Wildman–Crippen LogP) is 12.5. The quantitative estimate of drug-likeness (QED) is 0.0834.